The molecule has 0 N–H and O–H groups in total. The molecular weight excluding hydrogens is 358 g/mol. The highest BCUT2D eigenvalue weighted by molar-refractivity contribution is 6.01. The molecule has 4 rings (SSSR count). The van der Waals surface area contributed by atoms with Gasteiger partial charge in [-0.25, -0.2) is 9.36 Å². The van der Waals surface area contributed by atoms with Crippen molar-refractivity contribution >= 4 is 22.5 Å². The highest BCUT2D eigenvalue weighted by Crippen LogP contribution is 2.21. The Balaban J connectivity index is 1.97. The van der Waals surface area contributed by atoms with E-state index in [1.54, 1.807) is 30.3 Å². The second-order valence-electron chi connectivity index (χ2n) is 6.29. The van der Waals surface area contributed by atoms with Crippen molar-refractivity contribution < 1.29 is 9.72 Å². The molecular formula is C21H15N3O4. The summed E-state index contributed by atoms with van der Waals surface area (Å²) in [6.07, 6.45) is 0. The van der Waals surface area contributed by atoms with E-state index in [0.717, 1.165) is 5.56 Å². The molecule has 1 aromatic heterocycles. The molecule has 0 aliphatic rings. The fraction of sp³-hybridized carbons (Fsp3) is 0.0476. The number of hydrogen-bond acceptors (Lipinski definition) is 4. The summed E-state index contributed by atoms with van der Waals surface area (Å²) >= 11 is 0. The van der Waals surface area contributed by atoms with Crippen LogP contribution in [-0.4, -0.2) is 20.2 Å². The van der Waals surface area contributed by atoms with E-state index >= 15 is 0 Å². The summed E-state index contributed by atoms with van der Waals surface area (Å²) < 4.78 is 2.61. The lowest BCUT2D eigenvalue weighted by molar-refractivity contribution is -0.384. The fourth-order valence-corrected chi connectivity index (χ4v) is 3.17. The van der Waals surface area contributed by atoms with Gasteiger partial charge in [0.15, 0.2) is 0 Å². The van der Waals surface area contributed by atoms with Crippen molar-refractivity contribution in [2.24, 2.45) is 0 Å². The Morgan fingerprint density at radius 1 is 0.929 bits per heavy atom. The highest BCUT2D eigenvalue weighted by atomic mass is 16.6. The topological polar surface area (TPSA) is 87.1 Å². The quantitative estimate of drug-likeness (QED) is 0.405. The van der Waals surface area contributed by atoms with Gasteiger partial charge in [0, 0.05) is 17.7 Å². The minimum absolute atomic E-state index is 0.134. The van der Waals surface area contributed by atoms with E-state index in [-0.39, 0.29) is 23.5 Å². The lowest BCUT2D eigenvalue weighted by atomic mass is 10.2. The van der Waals surface area contributed by atoms with Crippen LogP contribution in [0.5, 0.6) is 0 Å². The Morgan fingerprint density at radius 2 is 1.57 bits per heavy atom. The van der Waals surface area contributed by atoms with Crippen molar-refractivity contribution in [2.45, 2.75) is 6.54 Å². The molecule has 0 saturated heterocycles. The number of carbonyl (C=O) groups is 1. The van der Waals surface area contributed by atoms with Crippen molar-refractivity contribution in [3.8, 4) is 0 Å². The average Bonchev–Trinajstić information content (AvgIpc) is 3.00. The van der Waals surface area contributed by atoms with Crippen molar-refractivity contribution in [3.05, 3.63) is 110 Å². The molecule has 7 nitrogen and oxygen atoms in total. The van der Waals surface area contributed by atoms with Crippen molar-refractivity contribution in [2.75, 3.05) is 0 Å². The number of rotatable bonds is 4. The summed E-state index contributed by atoms with van der Waals surface area (Å²) in [5, 5.41) is 11.3. The number of nitro benzene ring substituents is 1. The van der Waals surface area contributed by atoms with E-state index in [2.05, 4.69) is 0 Å². The second-order valence-corrected chi connectivity index (χ2v) is 6.29. The van der Waals surface area contributed by atoms with E-state index in [0.29, 0.717) is 11.1 Å². The zero-order chi connectivity index (χ0) is 19.7. The van der Waals surface area contributed by atoms with E-state index in [1.165, 1.54) is 27.6 Å². The fourth-order valence-electron chi connectivity index (χ4n) is 3.17. The van der Waals surface area contributed by atoms with Gasteiger partial charge in [0.2, 0.25) is 0 Å². The lowest BCUT2D eigenvalue weighted by Crippen LogP contribution is -2.28. The van der Waals surface area contributed by atoms with Gasteiger partial charge in [-0.15, -0.1) is 0 Å². The molecule has 0 unspecified atom stereocenters. The molecule has 0 aliphatic carbocycles. The van der Waals surface area contributed by atoms with E-state index in [9.17, 15) is 19.7 Å². The van der Waals surface area contributed by atoms with Gasteiger partial charge in [0.1, 0.15) is 0 Å². The number of benzene rings is 3. The predicted molar refractivity (Wildman–Crippen MR) is 105 cm³/mol. The smallest absolute Gasteiger partial charge is 0.267 e. The molecule has 3 aromatic carbocycles. The van der Waals surface area contributed by atoms with Crippen LogP contribution in [0.3, 0.4) is 0 Å². The number of carbonyl (C=O) groups excluding carboxylic acids is 1. The third-order valence-corrected chi connectivity index (χ3v) is 4.51. The van der Waals surface area contributed by atoms with E-state index < -0.39 is 10.5 Å². The minimum atomic E-state index is -0.559. The van der Waals surface area contributed by atoms with Crippen LogP contribution in [0.4, 0.5) is 5.69 Å². The number of hydrogen-bond donors (Lipinski definition) is 0. The Morgan fingerprint density at radius 3 is 2.21 bits per heavy atom. The van der Waals surface area contributed by atoms with Crippen LogP contribution in [0, 0.1) is 10.1 Å². The molecule has 0 saturated carbocycles. The van der Waals surface area contributed by atoms with Gasteiger partial charge in [-0.2, -0.15) is 0 Å². The van der Waals surface area contributed by atoms with Gasteiger partial charge < -0.3 is 0 Å². The molecule has 28 heavy (non-hydrogen) atoms. The molecule has 138 valence electrons. The summed E-state index contributed by atoms with van der Waals surface area (Å²) in [4.78, 5) is 36.8. The second kappa shape index (κ2) is 6.96. The van der Waals surface area contributed by atoms with Crippen LogP contribution in [-0.2, 0) is 6.54 Å². The van der Waals surface area contributed by atoms with Crippen LogP contribution in [0.2, 0.25) is 0 Å². The summed E-state index contributed by atoms with van der Waals surface area (Å²) in [6.45, 7) is 0.167. The molecule has 0 bridgehead atoms. The summed E-state index contributed by atoms with van der Waals surface area (Å²) in [7, 11) is 0. The normalized spacial score (nSPS) is 10.9. The maximum absolute atomic E-state index is 13.2. The standard InChI is InChI=1S/C21H15N3O4/c25-20(16-9-5-2-6-10-16)23-19-12-11-17(24(27)28)13-18(19)21(26)22(23)14-15-7-3-1-4-8-15/h1-13H,14H2. The van der Waals surface area contributed by atoms with Gasteiger partial charge >= 0.3 is 0 Å². The largest absolute Gasteiger partial charge is 0.277 e. The third kappa shape index (κ3) is 2.99. The Bertz CT molecular complexity index is 1240. The molecule has 0 atom stereocenters. The summed E-state index contributed by atoms with van der Waals surface area (Å²) in [6, 6.07) is 21.8. The van der Waals surface area contributed by atoms with Gasteiger partial charge in [-0.3, -0.25) is 19.7 Å². The average molecular weight is 373 g/mol. The number of nitro groups is 1. The number of nitrogens with zero attached hydrogens (tertiary/aromatic N) is 3. The maximum atomic E-state index is 13.2. The van der Waals surface area contributed by atoms with Crippen LogP contribution < -0.4 is 5.56 Å². The zero-order valence-electron chi connectivity index (χ0n) is 14.7. The SMILES string of the molecule is O=C(c1ccccc1)n1c2ccc([N+](=O)[O-])cc2c(=O)n1Cc1ccccc1. The van der Waals surface area contributed by atoms with Crippen molar-refractivity contribution in [1.29, 1.82) is 0 Å². The Hall–Kier alpha value is -4.00. The summed E-state index contributed by atoms with van der Waals surface area (Å²) in [5.41, 5.74) is 0.941. The molecule has 7 heteroatoms. The molecule has 4 aromatic rings. The molecule has 0 spiro atoms. The van der Waals surface area contributed by atoms with Crippen LogP contribution in [0.25, 0.3) is 10.9 Å². The van der Waals surface area contributed by atoms with Crippen LogP contribution in [0.15, 0.2) is 83.7 Å². The number of aromatic nitrogens is 2. The summed E-state index contributed by atoms with van der Waals surface area (Å²) in [5.74, 6) is -0.377. The van der Waals surface area contributed by atoms with Gasteiger partial charge in [0.25, 0.3) is 17.2 Å². The molecule has 0 fully saturated rings. The molecule has 0 amide bonds. The first-order chi connectivity index (χ1) is 13.6. The highest BCUT2D eigenvalue weighted by Gasteiger charge is 2.22. The van der Waals surface area contributed by atoms with Gasteiger partial charge in [0.05, 0.1) is 22.4 Å². The first-order valence-corrected chi connectivity index (χ1v) is 8.60. The number of fused-ring (bicyclic) bond motifs is 1. The molecule has 0 radical (unpaired) electrons. The Labute approximate surface area is 159 Å². The Kier molecular flexibility index (Phi) is 4.33. The monoisotopic (exact) mass is 373 g/mol. The van der Waals surface area contributed by atoms with E-state index in [1.807, 2.05) is 30.3 Å². The van der Waals surface area contributed by atoms with Crippen molar-refractivity contribution in [1.82, 2.24) is 9.36 Å². The zero-order valence-corrected chi connectivity index (χ0v) is 14.7. The first-order valence-electron chi connectivity index (χ1n) is 8.60. The van der Waals surface area contributed by atoms with Crippen LogP contribution in [0.1, 0.15) is 15.9 Å². The molecule has 1 heterocycles. The number of non-ortho nitro benzene ring substituents is 1. The van der Waals surface area contributed by atoms with Crippen molar-refractivity contribution in [3.63, 3.8) is 0 Å². The first kappa shape index (κ1) is 17.4. The van der Waals surface area contributed by atoms with E-state index in [4.69, 9.17) is 0 Å². The van der Waals surface area contributed by atoms with Crippen LogP contribution >= 0.6 is 0 Å². The third-order valence-electron chi connectivity index (χ3n) is 4.51. The minimum Gasteiger partial charge on any atom is -0.267 e. The predicted octanol–water partition coefficient (Wildman–Crippen LogP) is 3.45. The lowest BCUT2D eigenvalue weighted by Gasteiger charge is -2.11. The maximum Gasteiger partial charge on any atom is 0.277 e. The van der Waals surface area contributed by atoms with Gasteiger partial charge in [-0.05, 0) is 23.8 Å². The van der Waals surface area contributed by atoms with Gasteiger partial charge in [-0.1, -0.05) is 48.5 Å². The molecule has 0 aliphatic heterocycles.